The fourth-order valence-electron chi connectivity index (χ4n) is 2.42. The van der Waals surface area contributed by atoms with E-state index >= 15 is 0 Å². The predicted molar refractivity (Wildman–Crippen MR) is 72.8 cm³/mol. The molecule has 2 N–H and O–H groups in total. The van der Waals surface area contributed by atoms with Crippen molar-refractivity contribution in [1.82, 2.24) is 10.2 Å². The van der Waals surface area contributed by atoms with Crippen LogP contribution < -0.4 is 5.32 Å². The minimum absolute atomic E-state index is 0.199. The van der Waals surface area contributed by atoms with Gasteiger partial charge in [0.15, 0.2) is 0 Å². The van der Waals surface area contributed by atoms with E-state index in [0.29, 0.717) is 12.1 Å². The number of rotatable bonds is 4. The lowest BCUT2D eigenvalue weighted by molar-refractivity contribution is -0.385. The second kappa shape index (κ2) is 6.44. The van der Waals surface area contributed by atoms with Crippen LogP contribution in [0.2, 0.25) is 0 Å². The van der Waals surface area contributed by atoms with E-state index in [1.807, 2.05) is 0 Å². The Balaban J connectivity index is 2.28. The zero-order chi connectivity index (χ0) is 14.5. The van der Waals surface area contributed by atoms with E-state index in [9.17, 15) is 20.0 Å². The first-order chi connectivity index (χ1) is 9.59. The Kier molecular flexibility index (Phi) is 4.65. The van der Waals surface area contributed by atoms with Crippen LogP contribution in [-0.2, 0) is 6.54 Å². The van der Waals surface area contributed by atoms with Crippen molar-refractivity contribution in [2.75, 3.05) is 26.2 Å². The molecule has 0 unspecified atom stereocenters. The van der Waals surface area contributed by atoms with Gasteiger partial charge in [-0.15, -0.1) is 0 Å². The number of nitrogens with zero attached hydrogens (tertiary/aromatic N) is 2. The van der Waals surface area contributed by atoms with E-state index in [0.717, 1.165) is 32.6 Å². The van der Waals surface area contributed by atoms with Crippen LogP contribution >= 0.6 is 0 Å². The summed E-state index contributed by atoms with van der Waals surface area (Å²) in [6, 6.07) is 4.42. The van der Waals surface area contributed by atoms with Crippen molar-refractivity contribution in [2.45, 2.75) is 13.0 Å². The predicted octanol–water partition coefficient (Wildman–Crippen LogP) is 1.09. The maximum Gasteiger partial charge on any atom is 0.343 e. The Labute approximate surface area is 116 Å². The summed E-state index contributed by atoms with van der Waals surface area (Å²) in [5.41, 5.74) is -0.0498. The largest absolute Gasteiger partial charge is 0.477 e. The highest BCUT2D eigenvalue weighted by Crippen LogP contribution is 2.23. The molecule has 1 heterocycles. The number of aromatic carboxylic acids is 1. The molecule has 0 bridgehead atoms. The molecule has 2 rings (SSSR count). The molecule has 1 fully saturated rings. The number of hydrogen-bond donors (Lipinski definition) is 2. The van der Waals surface area contributed by atoms with Crippen molar-refractivity contribution < 1.29 is 14.8 Å². The smallest absolute Gasteiger partial charge is 0.343 e. The number of carboxylic acid groups (broad SMARTS) is 1. The normalized spacial score (nSPS) is 16.6. The van der Waals surface area contributed by atoms with Gasteiger partial charge in [0.2, 0.25) is 0 Å². The molecule has 7 heteroatoms. The van der Waals surface area contributed by atoms with Crippen LogP contribution in [0.3, 0.4) is 0 Å². The first kappa shape index (κ1) is 14.4. The molecular formula is C13H17N3O4. The highest BCUT2D eigenvalue weighted by atomic mass is 16.6. The molecule has 0 radical (unpaired) electrons. The zero-order valence-corrected chi connectivity index (χ0v) is 11.0. The minimum atomic E-state index is -1.25. The van der Waals surface area contributed by atoms with Crippen molar-refractivity contribution in [1.29, 1.82) is 0 Å². The van der Waals surface area contributed by atoms with Gasteiger partial charge in [-0.3, -0.25) is 15.0 Å². The minimum Gasteiger partial charge on any atom is -0.477 e. The summed E-state index contributed by atoms with van der Waals surface area (Å²) in [6.45, 7) is 3.87. The number of carbonyl (C=O) groups is 1. The lowest BCUT2D eigenvalue weighted by atomic mass is 10.0. The summed E-state index contributed by atoms with van der Waals surface area (Å²) in [6.07, 6.45) is 0.983. The van der Waals surface area contributed by atoms with E-state index in [1.54, 1.807) is 6.07 Å². The van der Waals surface area contributed by atoms with Gasteiger partial charge >= 0.3 is 5.97 Å². The van der Waals surface area contributed by atoms with Gasteiger partial charge in [0.05, 0.1) is 4.92 Å². The van der Waals surface area contributed by atoms with Crippen LogP contribution in [0.25, 0.3) is 0 Å². The molecule has 0 saturated carbocycles. The Hall–Kier alpha value is -1.99. The molecule has 7 nitrogen and oxygen atoms in total. The third-order valence-electron chi connectivity index (χ3n) is 3.37. The van der Waals surface area contributed by atoms with Crippen molar-refractivity contribution in [3.8, 4) is 0 Å². The van der Waals surface area contributed by atoms with Crippen LogP contribution in [0.4, 0.5) is 5.69 Å². The van der Waals surface area contributed by atoms with Gasteiger partial charge in [0, 0.05) is 25.7 Å². The SMILES string of the molecule is O=C(O)c1c(CN2CCCNCC2)cccc1[N+](=O)[O-]. The van der Waals surface area contributed by atoms with E-state index in [4.69, 9.17) is 0 Å². The molecule has 1 aromatic carbocycles. The number of carboxylic acids is 1. The Morgan fingerprint density at radius 1 is 1.40 bits per heavy atom. The molecular weight excluding hydrogens is 262 g/mol. The molecule has 20 heavy (non-hydrogen) atoms. The molecule has 1 aromatic rings. The third kappa shape index (κ3) is 3.31. The van der Waals surface area contributed by atoms with Crippen LogP contribution in [0.15, 0.2) is 18.2 Å². The molecule has 0 amide bonds. The van der Waals surface area contributed by atoms with Crippen LogP contribution in [0, 0.1) is 10.1 Å². The molecule has 108 valence electrons. The second-order valence-electron chi connectivity index (χ2n) is 4.75. The first-order valence-electron chi connectivity index (χ1n) is 6.52. The topological polar surface area (TPSA) is 95.7 Å². The molecule has 1 aliphatic rings. The van der Waals surface area contributed by atoms with Gasteiger partial charge < -0.3 is 10.4 Å². The van der Waals surface area contributed by atoms with E-state index in [-0.39, 0.29) is 11.3 Å². The number of hydrogen-bond acceptors (Lipinski definition) is 5. The molecule has 0 atom stereocenters. The standard InChI is InChI=1S/C13H17N3O4/c17-13(18)12-10(3-1-4-11(12)16(19)20)9-15-7-2-5-14-6-8-15/h1,3-4,14H,2,5-9H2,(H,17,18). The number of benzene rings is 1. The van der Waals surface area contributed by atoms with Crippen LogP contribution in [-0.4, -0.2) is 47.1 Å². The van der Waals surface area contributed by atoms with Gasteiger partial charge in [-0.2, -0.15) is 0 Å². The second-order valence-corrected chi connectivity index (χ2v) is 4.75. The molecule has 1 saturated heterocycles. The fraction of sp³-hybridized carbons (Fsp3) is 0.462. The Morgan fingerprint density at radius 3 is 2.90 bits per heavy atom. The van der Waals surface area contributed by atoms with Crippen molar-refractivity contribution in [3.63, 3.8) is 0 Å². The monoisotopic (exact) mass is 279 g/mol. The fourth-order valence-corrected chi connectivity index (χ4v) is 2.42. The van der Waals surface area contributed by atoms with Crippen molar-refractivity contribution in [2.24, 2.45) is 0 Å². The van der Waals surface area contributed by atoms with Crippen LogP contribution in [0.5, 0.6) is 0 Å². The van der Waals surface area contributed by atoms with Gasteiger partial charge in [-0.1, -0.05) is 12.1 Å². The summed E-state index contributed by atoms with van der Waals surface area (Å²) in [5.74, 6) is -1.25. The highest BCUT2D eigenvalue weighted by Gasteiger charge is 2.24. The van der Waals surface area contributed by atoms with Gasteiger partial charge in [-0.05, 0) is 25.1 Å². The van der Waals surface area contributed by atoms with E-state index in [1.165, 1.54) is 12.1 Å². The lowest BCUT2D eigenvalue weighted by Crippen LogP contribution is -2.28. The summed E-state index contributed by atoms with van der Waals surface area (Å²) < 4.78 is 0. The Bertz CT molecular complexity index is 510. The molecule has 0 spiro atoms. The maximum atomic E-state index is 11.3. The first-order valence-corrected chi connectivity index (χ1v) is 6.52. The summed E-state index contributed by atoms with van der Waals surface area (Å²) in [7, 11) is 0. The van der Waals surface area contributed by atoms with Gasteiger partial charge in [0.1, 0.15) is 5.56 Å². The third-order valence-corrected chi connectivity index (χ3v) is 3.37. The summed E-state index contributed by atoms with van der Waals surface area (Å²) in [4.78, 5) is 23.7. The van der Waals surface area contributed by atoms with Gasteiger partial charge in [0.25, 0.3) is 5.69 Å². The maximum absolute atomic E-state index is 11.3. The Morgan fingerprint density at radius 2 is 2.20 bits per heavy atom. The average Bonchev–Trinajstić information content (AvgIpc) is 2.66. The number of nitro groups is 1. The molecule has 0 aliphatic carbocycles. The molecule has 1 aliphatic heterocycles. The quantitative estimate of drug-likeness (QED) is 0.632. The van der Waals surface area contributed by atoms with Crippen molar-refractivity contribution >= 4 is 11.7 Å². The number of nitrogens with one attached hydrogen (secondary N) is 1. The van der Waals surface area contributed by atoms with Gasteiger partial charge in [-0.25, -0.2) is 4.79 Å². The lowest BCUT2D eigenvalue weighted by Gasteiger charge is -2.20. The zero-order valence-electron chi connectivity index (χ0n) is 11.0. The average molecular weight is 279 g/mol. The number of nitro benzene ring substituents is 1. The summed E-state index contributed by atoms with van der Waals surface area (Å²) >= 11 is 0. The van der Waals surface area contributed by atoms with Crippen molar-refractivity contribution in [3.05, 3.63) is 39.4 Å². The van der Waals surface area contributed by atoms with E-state index in [2.05, 4.69) is 10.2 Å². The summed E-state index contributed by atoms with van der Waals surface area (Å²) in [5, 5.41) is 23.5. The highest BCUT2D eigenvalue weighted by molar-refractivity contribution is 5.94. The van der Waals surface area contributed by atoms with E-state index < -0.39 is 10.9 Å². The van der Waals surface area contributed by atoms with Crippen LogP contribution in [0.1, 0.15) is 22.3 Å². The molecule has 0 aromatic heterocycles.